The van der Waals surface area contributed by atoms with E-state index in [9.17, 15) is 14.4 Å². The molecule has 2 rings (SSSR count). The summed E-state index contributed by atoms with van der Waals surface area (Å²) in [5.74, 6) is -1.47. The molecule has 0 spiro atoms. The van der Waals surface area contributed by atoms with E-state index in [1.54, 1.807) is 37.3 Å². The van der Waals surface area contributed by atoms with Crippen molar-refractivity contribution in [3.8, 4) is 11.5 Å². The summed E-state index contributed by atoms with van der Waals surface area (Å²) in [7, 11) is 2.90. The van der Waals surface area contributed by atoms with Crippen LogP contribution >= 0.6 is 11.6 Å². The molecule has 3 N–H and O–H groups in total. The maximum Gasteiger partial charge on any atom is 0.329 e. The Bertz CT molecular complexity index is 1020. The number of aryl methyl sites for hydroxylation is 1. The molecule has 0 fully saturated rings. The fourth-order valence-corrected chi connectivity index (χ4v) is 2.62. The maximum atomic E-state index is 12.1. The maximum absolute atomic E-state index is 12.1. The van der Waals surface area contributed by atoms with Crippen LogP contribution in [-0.2, 0) is 14.4 Å². The number of halogens is 1. The van der Waals surface area contributed by atoms with E-state index in [1.165, 1.54) is 20.3 Å². The number of hydrogen-bond donors (Lipinski definition) is 3. The van der Waals surface area contributed by atoms with E-state index in [0.717, 1.165) is 5.56 Å². The van der Waals surface area contributed by atoms with Gasteiger partial charge in [-0.05, 0) is 43.7 Å². The predicted molar refractivity (Wildman–Crippen MR) is 119 cm³/mol. The van der Waals surface area contributed by atoms with Gasteiger partial charge in [-0.1, -0.05) is 17.7 Å². The van der Waals surface area contributed by atoms with Crippen LogP contribution in [0.2, 0.25) is 5.02 Å². The van der Waals surface area contributed by atoms with E-state index in [0.29, 0.717) is 27.9 Å². The molecule has 0 heterocycles. The van der Waals surface area contributed by atoms with Crippen molar-refractivity contribution in [1.82, 2.24) is 5.43 Å². The molecule has 10 heteroatoms. The normalized spacial score (nSPS) is 10.8. The fraction of sp³-hybridized carbons (Fsp3) is 0.238. The standard InChI is InChI=1S/C21H23ClN4O5/c1-12-5-6-14(10-16(12)22)23-19(27)9-13(2)25-26-21(29)20(28)24-17-11-15(30-3)7-8-18(17)31-4/h5-8,10-11H,9H2,1-4H3,(H,23,27)(H,24,28)(H,26,29)/b25-13-. The zero-order valence-corrected chi connectivity index (χ0v) is 18.3. The first-order chi connectivity index (χ1) is 14.7. The predicted octanol–water partition coefficient (Wildman–Crippen LogP) is 3.13. The van der Waals surface area contributed by atoms with Crippen LogP contribution in [0.25, 0.3) is 0 Å². The number of nitrogens with one attached hydrogen (secondary N) is 3. The van der Waals surface area contributed by atoms with Gasteiger partial charge in [0.15, 0.2) is 0 Å². The van der Waals surface area contributed by atoms with Gasteiger partial charge in [-0.3, -0.25) is 14.4 Å². The van der Waals surface area contributed by atoms with Crippen molar-refractivity contribution < 1.29 is 23.9 Å². The molecule has 2 aromatic carbocycles. The second kappa shape index (κ2) is 11.0. The Morgan fingerprint density at radius 1 is 1.00 bits per heavy atom. The molecule has 0 saturated heterocycles. The molecular weight excluding hydrogens is 424 g/mol. The molecule has 2 aromatic rings. The van der Waals surface area contributed by atoms with Gasteiger partial charge in [-0.15, -0.1) is 0 Å². The van der Waals surface area contributed by atoms with Crippen LogP contribution in [-0.4, -0.2) is 37.7 Å². The van der Waals surface area contributed by atoms with Crippen molar-refractivity contribution in [3.05, 3.63) is 47.0 Å². The van der Waals surface area contributed by atoms with Crippen molar-refractivity contribution in [1.29, 1.82) is 0 Å². The molecule has 0 aromatic heterocycles. The summed E-state index contributed by atoms with van der Waals surface area (Å²) in [6, 6.07) is 9.91. The summed E-state index contributed by atoms with van der Waals surface area (Å²) in [5, 5.41) is 9.44. The lowest BCUT2D eigenvalue weighted by Gasteiger charge is -2.11. The Morgan fingerprint density at radius 2 is 1.74 bits per heavy atom. The molecule has 9 nitrogen and oxygen atoms in total. The lowest BCUT2D eigenvalue weighted by atomic mass is 10.2. The monoisotopic (exact) mass is 446 g/mol. The van der Waals surface area contributed by atoms with Gasteiger partial charge >= 0.3 is 11.8 Å². The van der Waals surface area contributed by atoms with Gasteiger partial charge in [0.1, 0.15) is 11.5 Å². The highest BCUT2D eigenvalue weighted by Crippen LogP contribution is 2.28. The zero-order valence-electron chi connectivity index (χ0n) is 17.5. The zero-order chi connectivity index (χ0) is 23.0. The number of amides is 3. The minimum atomic E-state index is -1.00. The Balaban J connectivity index is 1.91. The third-order valence-electron chi connectivity index (χ3n) is 4.08. The summed E-state index contributed by atoms with van der Waals surface area (Å²) in [5.41, 5.74) is 4.12. The summed E-state index contributed by atoms with van der Waals surface area (Å²) in [6.07, 6.45) is -0.0862. The van der Waals surface area contributed by atoms with E-state index < -0.39 is 11.8 Å². The summed E-state index contributed by atoms with van der Waals surface area (Å²) < 4.78 is 10.2. The topological polar surface area (TPSA) is 118 Å². The molecule has 0 aliphatic carbocycles. The molecule has 0 atom stereocenters. The quantitative estimate of drug-likeness (QED) is 0.343. The van der Waals surface area contributed by atoms with Crippen LogP contribution in [0.4, 0.5) is 11.4 Å². The van der Waals surface area contributed by atoms with Crippen molar-refractivity contribution in [2.75, 3.05) is 24.9 Å². The summed E-state index contributed by atoms with van der Waals surface area (Å²) in [4.78, 5) is 36.3. The Morgan fingerprint density at radius 3 is 2.39 bits per heavy atom. The molecule has 0 aliphatic heterocycles. The second-order valence-corrected chi connectivity index (χ2v) is 6.90. The van der Waals surface area contributed by atoms with E-state index in [-0.39, 0.29) is 18.0 Å². The van der Waals surface area contributed by atoms with E-state index in [4.69, 9.17) is 21.1 Å². The Hall–Kier alpha value is -3.59. The van der Waals surface area contributed by atoms with Crippen molar-refractivity contribution >= 4 is 46.4 Å². The SMILES string of the molecule is COc1ccc(OC)c(NC(=O)C(=O)N/N=C(/C)CC(=O)Nc2ccc(C)c(Cl)c2)c1. The molecule has 0 aliphatic rings. The third-order valence-corrected chi connectivity index (χ3v) is 4.49. The van der Waals surface area contributed by atoms with Crippen LogP contribution in [0.15, 0.2) is 41.5 Å². The second-order valence-electron chi connectivity index (χ2n) is 6.50. The van der Waals surface area contributed by atoms with Gasteiger partial charge in [0, 0.05) is 22.5 Å². The van der Waals surface area contributed by atoms with Gasteiger partial charge < -0.3 is 20.1 Å². The Kier molecular flexibility index (Phi) is 8.39. The van der Waals surface area contributed by atoms with E-state index in [1.807, 2.05) is 6.92 Å². The van der Waals surface area contributed by atoms with Crippen LogP contribution in [0, 0.1) is 6.92 Å². The van der Waals surface area contributed by atoms with Crippen molar-refractivity contribution in [3.63, 3.8) is 0 Å². The minimum Gasteiger partial charge on any atom is -0.497 e. The molecular formula is C21H23ClN4O5. The average molecular weight is 447 g/mol. The number of hydrogen-bond acceptors (Lipinski definition) is 6. The number of hydrazone groups is 1. The highest BCUT2D eigenvalue weighted by molar-refractivity contribution is 6.39. The molecule has 0 unspecified atom stereocenters. The van der Waals surface area contributed by atoms with Gasteiger partial charge in [0.25, 0.3) is 0 Å². The third kappa shape index (κ3) is 7.00. The van der Waals surface area contributed by atoms with Gasteiger partial charge in [0.05, 0.1) is 26.3 Å². The highest BCUT2D eigenvalue weighted by atomic mass is 35.5. The lowest BCUT2D eigenvalue weighted by Crippen LogP contribution is -2.33. The van der Waals surface area contributed by atoms with E-state index in [2.05, 4.69) is 21.2 Å². The molecule has 0 bridgehead atoms. The number of carbonyl (C=O) groups is 3. The first-order valence-electron chi connectivity index (χ1n) is 9.16. The van der Waals surface area contributed by atoms with Crippen molar-refractivity contribution in [2.45, 2.75) is 20.3 Å². The number of anilines is 2. The fourth-order valence-electron chi connectivity index (χ4n) is 2.44. The molecule has 0 saturated carbocycles. The van der Waals surface area contributed by atoms with Crippen LogP contribution in [0.3, 0.4) is 0 Å². The first-order valence-corrected chi connectivity index (χ1v) is 9.53. The lowest BCUT2D eigenvalue weighted by molar-refractivity contribution is -0.136. The van der Waals surface area contributed by atoms with Gasteiger partial charge in [-0.2, -0.15) is 5.10 Å². The number of ether oxygens (including phenoxy) is 2. The molecule has 164 valence electrons. The summed E-state index contributed by atoms with van der Waals surface area (Å²) in [6.45, 7) is 3.40. The first kappa shape index (κ1) is 23.7. The number of methoxy groups -OCH3 is 2. The van der Waals surface area contributed by atoms with E-state index >= 15 is 0 Å². The minimum absolute atomic E-state index is 0.0862. The average Bonchev–Trinajstić information content (AvgIpc) is 2.74. The number of carbonyl (C=O) groups excluding carboxylic acids is 3. The van der Waals surface area contributed by atoms with Gasteiger partial charge in [-0.25, -0.2) is 5.43 Å². The Labute approximate surface area is 184 Å². The molecule has 0 radical (unpaired) electrons. The van der Waals surface area contributed by atoms with Crippen molar-refractivity contribution in [2.24, 2.45) is 5.10 Å². The summed E-state index contributed by atoms with van der Waals surface area (Å²) >= 11 is 6.04. The number of nitrogens with zero attached hydrogens (tertiary/aromatic N) is 1. The molecule has 31 heavy (non-hydrogen) atoms. The van der Waals surface area contributed by atoms with Crippen LogP contribution in [0.5, 0.6) is 11.5 Å². The smallest absolute Gasteiger partial charge is 0.329 e. The number of rotatable bonds is 7. The molecule has 3 amide bonds. The van der Waals surface area contributed by atoms with Gasteiger partial charge in [0.2, 0.25) is 5.91 Å². The highest BCUT2D eigenvalue weighted by Gasteiger charge is 2.16. The largest absolute Gasteiger partial charge is 0.497 e. The number of benzene rings is 2. The van der Waals surface area contributed by atoms with Crippen LogP contribution < -0.4 is 25.5 Å². The van der Waals surface area contributed by atoms with Crippen LogP contribution in [0.1, 0.15) is 18.9 Å².